The van der Waals surface area contributed by atoms with Gasteiger partial charge in [-0.05, 0) is 42.3 Å². The number of H-pyrrole nitrogens is 1. The fourth-order valence-corrected chi connectivity index (χ4v) is 5.98. The average molecular weight is 415 g/mol. The van der Waals surface area contributed by atoms with Crippen molar-refractivity contribution in [2.75, 3.05) is 10.5 Å². The number of aromatic amines is 1. The zero-order valence-corrected chi connectivity index (χ0v) is 15.5. The van der Waals surface area contributed by atoms with Crippen molar-refractivity contribution in [2.45, 2.75) is 16.2 Å². The van der Waals surface area contributed by atoms with E-state index in [4.69, 9.17) is 11.6 Å². The number of hydrogen-bond acceptors (Lipinski definition) is 4. The summed E-state index contributed by atoms with van der Waals surface area (Å²) in [6, 6.07) is 6.74. The molecule has 0 saturated heterocycles. The summed E-state index contributed by atoms with van der Waals surface area (Å²) >= 11 is 5.88. The maximum atomic E-state index is 14.3. The normalized spacial score (nSPS) is 15.9. The maximum Gasteiger partial charge on any atom is 0.264 e. The van der Waals surface area contributed by atoms with Gasteiger partial charge in [-0.3, -0.25) is 4.72 Å². The van der Waals surface area contributed by atoms with E-state index < -0.39 is 31.4 Å². The van der Waals surface area contributed by atoms with E-state index in [9.17, 15) is 21.2 Å². The summed E-state index contributed by atoms with van der Waals surface area (Å²) in [5.41, 5.74) is 0.458. The number of benzene rings is 2. The molecular formula is C16H12ClFN2O4S2. The van der Waals surface area contributed by atoms with Crippen molar-refractivity contribution in [3.8, 4) is 0 Å². The first-order valence-corrected chi connectivity index (χ1v) is 11.0. The summed E-state index contributed by atoms with van der Waals surface area (Å²) in [5, 5.41) is 0.822. The fraction of sp³-hybridized carbons (Fsp3) is 0.125. The zero-order chi connectivity index (χ0) is 18.7. The number of halogens is 2. The molecule has 0 fully saturated rings. The van der Waals surface area contributed by atoms with Gasteiger partial charge in [0.2, 0.25) is 0 Å². The largest absolute Gasteiger partial charge is 0.360 e. The first kappa shape index (κ1) is 17.3. The lowest BCUT2D eigenvalue weighted by Gasteiger charge is -2.10. The molecule has 2 aromatic carbocycles. The molecule has 2 heterocycles. The van der Waals surface area contributed by atoms with Gasteiger partial charge in [-0.25, -0.2) is 21.2 Å². The predicted octanol–water partition coefficient (Wildman–Crippen LogP) is 3.09. The van der Waals surface area contributed by atoms with E-state index in [-0.39, 0.29) is 22.0 Å². The summed E-state index contributed by atoms with van der Waals surface area (Å²) in [6.07, 6.45) is 1.48. The molecule has 10 heteroatoms. The van der Waals surface area contributed by atoms with Crippen LogP contribution in [0, 0.1) is 5.82 Å². The second kappa shape index (κ2) is 5.70. The number of anilines is 1. The molecule has 0 bridgehead atoms. The second-order valence-corrected chi connectivity index (χ2v) is 10.1. The van der Waals surface area contributed by atoms with Gasteiger partial charge in [-0.1, -0.05) is 11.6 Å². The molecule has 6 nitrogen and oxygen atoms in total. The van der Waals surface area contributed by atoms with Crippen LogP contribution in [0.1, 0.15) is 5.56 Å². The van der Waals surface area contributed by atoms with Gasteiger partial charge in [0.25, 0.3) is 10.0 Å². The fourth-order valence-electron chi connectivity index (χ4n) is 3.01. The van der Waals surface area contributed by atoms with Gasteiger partial charge in [-0.15, -0.1) is 0 Å². The molecule has 1 aliphatic rings. The van der Waals surface area contributed by atoms with E-state index in [1.165, 1.54) is 12.3 Å². The molecule has 26 heavy (non-hydrogen) atoms. The molecule has 0 saturated carbocycles. The van der Waals surface area contributed by atoms with Gasteiger partial charge in [0.05, 0.1) is 16.3 Å². The standard InChI is InChI=1S/C16H12ClFN2O4S2/c17-10-1-2-11-13(6-10)19-8-16(11)26(23,24)20-14-7-15-9(5-12(14)18)3-4-25(15,21)22/h1-2,5-8,19-20H,3-4H2. The molecule has 3 aromatic rings. The van der Waals surface area contributed by atoms with Crippen molar-refractivity contribution in [3.63, 3.8) is 0 Å². The molecular weight excluding hydrogens is 403 g/mol. The number of aryl methyl sites for hydroxylation is 1. The van der Waals surface area contributed by atoms with Crippen molar-refractivity contribution in [1.29, 1.82) is 0 Å². The summed E-state index contributed by atoms with van der Waals surface area (Å²) in [6.45, 7) is 0. The highest BCUT2D eigenvalue weighted by Crippen LogP contribution is 2.33. The monoisotopic (exact) mass is 414 g/mol. The molecule has 136 valence electrons. The molecule has 2 N–H and O–H groups in total. The average Bonchev–Trinajstić information content (AvgIpc) is 3.09. The van der Waals surface area contributed by atoms with Crippen molar-refractivity contribution >= 4 is 48.1 Å². The second-order valence-electron chi connectivity index (χ2n) is 5.96. The molecule has 0 unspecified atom stereocenters. The smallest absolute Gasteiger partial charge is 0.264 e. The Bertz CT molecular complexity index is 1270. The third-order valence-electron chi connectivity index (χ3n) is 4.27. The lowest BCUT2D eigenvalue weighted by molar-refractivity contribution is 0.596. The van der Waals surface area contributed by atoms with Gasteiger partial charge < -0.3 is 4.98 Å². The van der Waals surface area contributed by atoms with Crippen LogP contribution in [0.2, 0.25) is 5.02 Å². The van der Waals surface area contributed by atoms with Crippen LogP contribution >= 0.6 is 11.6 Å². The summed E-state index contributed by atoms with van der Waals surface area (Å²) in [7, 11) is -7.66. The van der Waals surface area contributed by atoms with E-state index in [1.807, 2.05) is 0 Å². The number of nitrogens with one attached hydrogen (secondary N) is 2. The minimum Gasteiger partial charge on any atom is -0.360 e. The Hall–Kier alpha value is -2.10. The topological polar surface area (TPSA) is 96.1 Å². The summed E-state index contributed by atoms with van der Waals surface area (Å²) in [5.74, 6) is -0.937. The zero-order valence-electron chi connectivity index (χ0n) is 13.1. The SMILES string of the molecule is O=S1(=O)CCc2cc(F)c(NS(=O)(=O)c3c[nH]c4cc(Cl)ccc34)cc21. The number of hydrogen-bond donors (Lipinski definition) is 2. The molecule has 1 aromatic heterocycles. The number of fused-ring (bicyclic) bond motifs is 2. The number of sulfone groups is 1. The van der Waals surface area contributed by atoms with Crippen LogP contribution in [0.3, 0.4) is 0 Å². The minimum atomic E-state index is -4.15. The van der Waals surface area contributed by atoms with Gasteiger partial charge in [0, 0.05) is 22.1 Å². The first-order valence-electron chi connectivity index (χ1n) is 7.52. The van der Waals surface area contributed by atoms with Crippen molar-refractivity contribution in [3.05, 3.63) is 52.9 Å². The lowest BCUT2D eigenvalue weighted by Crippen LogP contribution is -2.14. The molecule has 0 amide bonds. The minimum absolute atomic E-state index is 0.0395. The molecule has 0 aliphatic carbocycles. The number of sulfonamides is 1. The van der Waals surface area contributed by atoms with Crippen LogP contribution in [0.4, 0.5) is 10.1 Å². The molecule has 0 spiro atoms. The van der Waals surface area contributed by atoms with E-state index >= 15 is 0 Å². The van der Waals surface area contributed by atoms with E-state index in [0.717, 1.165) is 12.1 Å². The third kappa shape index (κ3) is 2.76. The Morgan fingerprint density at radius 1 is 1.19 bits per heavy atom. The molecule has 4 rings (SSSR count). The predicted molar refractivity (Wildman–Crippen MR) is 96.3 cm³/mol. The summed E-state index contributed by atoms with van der Waals surface area (Å²) < 4.78 is 65.8. The molecule has 0 radical (unpaired) electrons. The lowest BCUT2D eigenvalue weighted by atomic mass is 10.1. The number of rotatable bonds is 3. The van der Waals surface area contributed by atoms with Crippen LogP contribution in [0.25, 0.3) is 10.9 Å². The van der Waals surface area contributed by atoms with Crippen molar-refractivity contribution < 1.29 is 21.2 Å². The van der Waals surface area contributed by atoms with E-state index in [0.29, 0.717) is 21.5 Å². The Labute approximate surface area is 154 Å². The molecule has 1 aliphatic heterocycles. The van der Waals surface area contributed by atoms with Crippen LogP contribution in [-0.4, -0.2) is 27.6 Å². The highest BCUT2D eigenvalue weighted by atomic mass is 35.5. The van der Waals surface area contributed by atoms with Gasteiger partial charge in [0.15, 0.2) is 9.84 Å². The van der Waals surface area contributed by atoms with Crippen molar-refractivity contribution in [2.24, 2.45) is 0 Å². The van der Waals surface area contributed by atoms with Crippen LogP contribution in [0.5, 0.6) is 0 Å². The van der Waals surface area contributed by atoms with Crippen LogP contribution in [-0.2, 0) is 26.3 Å². The third-order valence-corrected chi connectivity index (χ3v) is 7.70. The highest BCUT2D eigenvalue weighted by molar-refractivity contribution is 7.93. The Morgan fingerprint density at radius 3 is 2.73 bits per heavy atom. The Balaban J connectivity index is 1.79. The highest BCUT2D eigenvalue weighted by Gasteiger charge is 2.29. The Morgan fingerprint density at radius 2 is 1.96 bits per heavy atom. The van der Waals surface area contributed by atoms with Gasteiger partial charge >= 0.3 is 0 Å². The van der Waals surface area contributed by atoms with E-state index in [1.54, 1.807) is 12.1 Å². The van der Waals surface area contributed by atoms with E-state index in [2.05, 4.69) is 9.71 Å². The van der Waals surface area contributed by atoms with Crippen LogP contribution in [0.15, 0.2) is 46.3 Å². The quantitative estimate of drug-likeness (QED) is 0.643. The van der Waals surface area contributed by atoms with Gasteiger partial charge in [0.1, 0.15) is 10.7 Å². The maximum absolute atomic E-state index is 14.3. The summed E-state index contributed by atoms with van der Waals surface area (Å²) in [4.78, 5) is 2.67. The Kier molecular flexibility index (Phi) is 3.80. The van der Waals surface area contributed by atoms with Crippen LogP contribution < -0.4 is 4.72 Å². The number of aromatic nitrogens is 1. The first-order chi connectivity index (χ1) is 12.2. The van der Waals surface area contributed by atoms with Gasteiger partial charge in [-0.2, -0.15) is 0 Å². The van der Waals surface area contributed by atoms with Crippen molar-refractivity contribution in [1.82, 2.24) is 4.98 Å². The molecule has 0 atom stereocenters.